The molecule has 0 aromatic heterocycles. The lowest BCUT2D eigenvalue weighted by Gasteiger charge is -2.57. The number of hydrogen-bond donors (Lipinski definition) is 1. The van der Waals surface area contributed by atoms with Crippen molar-refractivity contribution in [1.82, 2.24) is 0 Å². The number of rotatable bonds is 7. The summed E-state index contributed by atoms with van der Waals surface area (Å²) in [6.07, 6.45) is 19.2. The molecule has 1 aromatic rings. The number of ether oxygens (including phenoxy) is 2. The normalized spacial score (nSPS) is 37.3. The second kappa shape index (κ2) is 8.22. The van der Waals surface area contributed by atoms with Gasteiger partial charge in [0.2, 0.25) is 0 Å². The van der Waals surface area contributed by atoms with Gasteiger partial charge < -0.3 is 14.6 Å². The fourth-order valence-electron chi connectivity index (χ4n) is 7.59. The summed E-state index contributed by atoms with van der Waals surface area (Å²) in [4.78, 5) is 12.5. The smallest absolute Gasteiger partial charge is 0.318 e. The molecule has 2 atom stereocenters. The van der Waals surface area contributed by atoms with Crippen LogP contribution >= 0.6 is 0 Å². The Kier molecular flexibility index (Phi) is 5.53. The quantitative estimate of drug-likeness (QED) is 0.423. The second-order valence-corrected chi connectivity index (χ2v) is 10.5. The summed E-state index contributed by atoms with van der Waals surface area (Å²) < 4.78 is 11.3. The predicted molar refractivity (Wildman–Crippen MR) is 125 cm³/mol. The molecule has 0 amide bonds. The molecule has 4 fully saturated rings. The van der Waals surface area contributed by atoms with Gasteiger partial charge in [-0.25, -0.2) is 0 Å². The zero-order valence-electron chi connectivity index (χ0n) is 19.1. The molecule has 0 radical (unpaired) electrons. The maximum atomic E-state index is 12.5. The first-order chi connectivity index (χ1) is 15.5. The largest absolute Gasteiger partial charge is 0.480 e. The summed E-state index contributed by atoms with van der Waals surface area (Å²) in [6, 6.07) is 6.37. The highest BCUT2D eigenvalue weighted by Gasteiger charge is 2.53. The van der Waals surface area contributed by atoms with Crippen LogP contribution in [0.1, 0.15) is 62.5 Å². The molecule has 0 aliphatic heterocycles. The molecule has 5 aliphatic rings. The molecule has 4 heteroatoms. The van der Waals surface area contributed by atoms with Crippen LogP contribution in [0.25, 0.3) is 0 Å². The standard InChI is InChI=1S/C28H34O4/c1-3-9-28(26(29)30)10-5-4-6-23(28)22-7-8-25(32-18-31-2)24(14-22)27-15-19-11-20(16-27)13-21(12-19)17-27/h3-10,14,19-21,23H,11-13,15-18H2,1-2H3,(H,29,30). The van der Waals surface area contributed by atoms with E-state index in [2.05, 4.69) is 12.1 Å². The number of carboxylic acids is 1. The Morgan fingerprint density at radius 2 is 1.81 bits per heavy atom. The highest BCUT2D eigenvalue weighted by atomic mass is 16.7. The van der Waals surface area contributed by atoms with Crippen molar-refractivity contribution in [2.45, 2.75) is 56.8 Å². The van der Waals surface area contributed by atoms with Gasteiger partial charge in [-0.15, -0.1) is 0 Å². The first kappa shape index (κ1) is 21.5. The zero-order valence-corrected chi connectivity index (χ0v) is 19.1. The Morgan fingerprint density at radius 1 is 1.12 bits per heavy atom. The van der Waals surface area contributed by atoms with Gasteiger partial charge >= 0.3 is 5.97 Å². The zero-order chi connectivity index (χ0) is 22.3. The Hall–Kier alpha value is -2.33. The lowest BCUT2D eigenvalue weighted by Crippen LogP contribution is -2.48. The Balaban J connectivity index is 1.61. The van der Waals surface area contributed by atoms with Crippen LogP contribution in [0.3, 0.4) is 0 Å². The van der Waals surface area contributed by atoms with Crippen molar-refractivity contribution in [1.29, 1.82) is 0 Å². The minimum Gasteiger partial charge on any atom is -0.480 e. The van der Waals surface area contributed by atoms with Gasteiger partial charge in [0.15, 0.2) is 6.79 Å². The maximum absolute atomic E-state index is 12.5. The highest BCUT2D eigenvalue weighted by molar-refractivity contribution is 5.82. The van der Waals surface area contributed by atoms with Crippen molar-refractivity contribution in [2.75, 3.05) is 13.9 Å². The Bertz CT molecular complexity index is 936. The van der Waals surface area contributed by atoms with E-state index in [0.717, 1.165) is 29.1 Å². The molecule has 2 unspecified atom stereocenters. The number of methoxy groups -OCH3 is 1. The van der Waals surface area contributed by atoms with Gasteiger partial charge in [-0.05, 0) is 80.2 Å². The molecule has 0 saturated heterocycles. The number of carbonyl (C=O) groups is 1. The Labute approximate surface area is 191 Å². The van der Waals surface area contributed by atoms with Crippen molar-refractivity contribution in [2.24, 2.45) is 23.2 Å². The van der Waals surface area contributed by atoms with E-state index in [1.165, 1.54) is 44.1 Å². The molecular formula is C28H34O4. The van der Waals surface area contributed by atoms with Crippen LogP contribution in [0.15, 0.2) is 54.7 Å². The SMILES string of the molecule is CC=CC1(C(=O)O)C=CC=CC1c1ccc(OCOC)c(C23CC4CC(CC(C4)C2)C3)c1. The van der Waals surface area contributed by atoms with Crippen molar-refractivity contribution in [3.05, 3.63) is 65.8 Å². The van der Waals surface area contributed by atoms with E-state index in [1.807, 2.05) is 49.4 Å². The van der Waals surface area contributed by atoms with Gasteiger partial charge in [0.1, 0.15) is 11.2 Å². The molecule has 170 valence electrons. The van der Waals surface area contributed by atoms with Crippen LogP contribution in [-0.2, 0) is 14.9 Å². The summed E-state index contributed by atoms with van der Waals surface area (Å²) in [6.45, 7) is 2.11. The third-order valence-corrected chi connectivity index (χ3v) is 8.42. The minimum absolute atomic E-state index is 0.147. The number of aliphatic carboxylic acids is 1. The van der Waals surface area contributed by atoms with Crippen LogP contribution in [-0.4, -0.2) is 25.0 Å². The molecule has 4 nitrogen and oxygen atoms in total. The molecule has 4 bridgehead atoms. The summed E-state index contributed by atoms with van der Waals surface area (Å²) in [5.74, 6) is 2.28. The number of carboxylic acid groups (broad SMARTS) is 1. The predicted octanol–water partition coefficient (Wildman–Crippen LogP) is 5.99. The topological polar surface area (TPSA) is 55.8 Å². The molecule has 32 heavy (non-hydrogen) atoms. The average molecular weight is 435 g/mol. The van der Waals surface area contributed by atoms with Gasteiger partial charge in [-0.3, -0.25) is 4.79 Å². The van der Waals surface area contributed by atoms with Crippen LogP contribution in [0, 0.1) is 23.2 Å². The average Bonchev–Trinajstić information content (AvgIpc) is 2.77. The lowest BCUT2D eigenvalue weighted by atomic mass is 9.48. The summed E-state index contributed by atoms with van der Waals surface area (Å²) >= 11 is 0. The van der Waals surface area contributed by atoms with E-state index >= 15 is 0 Å². The fourth-order valence-corrected chi connectivity index (χ4v) is 7.59. The van der Waals surface area contributed by atoms with E-state index in [4.69, 9.17) is 9.47 Å². The van der Waals surface area contributed by atoms with Gasteiger partial charge in [-0.1, -0.05) is 48.6 Å². The van der Waals surface area contributed by atoms with E-state index in [1.54, 1.807) is 7.11 Å². The lowest BCUT2D eigenvalue weighted by molar-refractivity contribution is -0.144. The molecule has 5 aliphatic carbocycles. The number of benzene rings is 1. The fraction of sp³-hybridized carbons (Fsp3) is 0.536. The van der Waals surface area contributed by atoms with E-state index in [0.29, 0.717) is 0 Å². The summed E-state index contributed by atoms with van der Waals surface area (Å²) in [7, 11) is 1.65. The Morgan fingerprint density at radius 3 is 2.41 bits per heavy atom. The molecule has 4 saturated carbocycles. The van der Waals surface area contributed by atoms with Gasteiger partial charge in [0, 0.05) is 18.6 Å². The second-order valence-electron chi connectivity index (χ2n) is 10.5. The van der Waals surface area contributed by atoms with Crippen molar-refractivity contribution >= 4 is 5.97 Å². The molecule has 0 heterocycles. The van der Waals surface area contributed by atoms with E-state index in [9.17, 15) is 9.90 Å². The van der Waals surface area contributed by atoms with Crippen molar-refractivity contribution in [3.63, 3.8) is 0 Å². The molecule has 1 N–H and O–H groups in total. The molecular weight excluding hydrogens is 400 g/mol. The van der Waals surface area contributed by atoms with Crippen molar-refractivity contribution < 1.29 is 19.4 Å². The number of allylic oxidation sites excluding steroid dienone is 4. The third-order valence-electron chi connectivity index (χ3n) is 8.42. The first-order valence-corrected chi connectivity index (χ1v) is 12.0. The van der Waals surface area contributed by atoms with Crippen LogP contribution in [0.2, 0.25) is 0 Å². The highest BCUT2D eigenvalue weighted by Crippen LogP contribution is 2.62. The van der Waals surface area contributed by atoms with E-state index < -0.39 is 11.4 Å². The van der Waals surface area contributed by atoms with Crippen LogP contribution < -0.4 is 4.74 Å². The number of hydrogen-bond acceptors (Lipinski definition) is 3. The minimum atomic E-state index is -1.07. The molecule has 6 rings (SSSR count). The first-order valence-electron chi connectivity index (χ1n) is 12.0. The van der Waals surface area contributed by atoms with E-state index in [-0.39, 0.29) is 18.1 Å². The monoisotopic (exact) mass is 434 g/mol. The maximum Gasteiger partial charge on any atom is 0.318 e. The third kappa shape index (κ3) is 3.44. The van der Waals surface area contributed by atoms with Gasteiger partial charge in [0.05, 0.1) is 0 Å². The van der Waals surface area contributed by atoms with Crippen LogP contribution in [0.5, 0.6) is 5.75 Å². The summed E-state index contributed by atoms with van der Waals surface area (Å²) in [5, 5.41) is 10.2. The van der Waals surface area contributed by atoms with Gasteiger partial charge in [0.25, 0.3) is 0 Å². The molecule has 1 aromatic carbocycles. The molecule has 0 spiro atoms. The van der Waals surface area contributed by atoms with Gasteiger partial charge in [-0.2, -0.15) is 0 Å². The van der Waals surface area contributed by atoms with Crippen LogP contribution in [0.4, 0.5) is 0 Å². The summed E-state index contributed by atoms with van der Waals surface area (Å²) in [5.41, 5.74) is 1.39. The van der Waals surface area contributed by atoms with Crippen molar-refractivity contribution in [3.8, 4) is 5.75 Å².